The molecule has 0 bridgehead atoms. The fourth-order valence-corrected chi connectivity index (χ4v) is 5.13. The van der Waals surface area contributed by atoms with Crippen LogP contribution in [0.2, 0.25) is 5.54 Å². The van der Waals surface area contributed by atoms with Crippen LogP contribution in [0.3, 0.4) is 0 Å². The quantitative estimate of drug-likeness (QED) is 0.364. The molecular weight excluding hydrogens is 282 g/mol. The molecule has 0 fully saturated rings. The van der Waals surface area contributed by atoms with Crippen LogP contribution in [-0.2, 0) is 13.3 Å². The Morgan fingerprint density at radius 1 is 0.714 bits per heavy atom. The van der Waals surface area contributed by atoms with E-state index < -0.39 is 8.80 Å². The van der Waals surface area contributed by atoms with Crippen molar-refractivity contribution in [1.29, 1.82) is 0 Å². The monoisotopic (exact) mass is 319 g/mol. The number of rotatable bonds is 15. The van der Waals surface area contributed by atoms with E-state index in [0.29, 0.717) is 5.54 Å². The number of nitrogens with two attached hydrogens (primary N) is 1. The second-order valence-electron chi connectivity index (χ2n) is 5.88. The number of hydrogen-bond donors (Lipinski definition) is 1. The zero-order valence-electron chi connectivity index (χ0n) is 14.7. The summed E-state index contributed by atoms with van der Waals surface area (Å²) >= 11 is 0. The summed E-state index contributed by atoms with van der Waals surface area (Å²) in [5, 5.41) is 0. The van der Waals surface area contributed by atoms with E-state index in [1.54, 1.807) is 21.3 Å². The van der Waals surface area contributed by atoms with Gasteiger partial charge in [0.2, 0.25) is 0 Å². The smallest absolute Gasteiger partial charge is 0.377 e. The topological polar surface area (TPSA) is 53.7 Å². The summed E-state index contributed by atoms with van der Waals surface area (Å²) in [6.45, 7) is 3.02. The fraction of sp³-hybridized carbons (Fsp3) is 1.00. The molecule has 0 saturated heterocycles. The summed E-state index contributed by atoms with van der Waals surface area (Å²) < 4.78 is 16.6. The third kappa shape index (κ3) is 8.93. The normalized spacial score (nSPS) is 13.6. The molecule has 5 heteroatoms. The zero-order valence-corrected chi connectivity index (χ0v) is 15.7. The molecule has 0 rings (SSSR count). The Balaban J connectivity index is 3.53. The molecule has 1 atom stereocenters. The molecule has 0 amide bonds. The van der Waals surface area contributed by atoms with Gasteiger partial charge < -0.3 is 19.0 Å². The van der Waals surface area contributed by atoms with E-state index in [1.807, 2.05) is 0 Å². The molecule has 0 radical (unpaired) electrons. The molecule has 0 aliphatic rings. The second-order valence-corrected chi connectivity index (χ2v) is 9.29. The van der Waals surface area contributed by atoms with Crippen molar-refractivity contribution in [2.75, 3.05) is 27.9 Å². The van der Waals surface area contributed by atoms with Crippen molar-refractivity contribution in [3.8, 4) is 0 Å². The van der Waals surface area contributed by atoms with Crippen LogP contribution in [-0.4, -0.2) is 36.7 Å². The van der Waals surface area contributed by atoms with Gasteiger partial charge in [-0.15, -0.1) is 0 Å². The summed E-state index contributed by atoms with van der Waals surface area (Å²) in [7, 11) is 2.66. The van der Waals surface area contributed by atoms with Crippen molar-refractivity contribution in [2.24, 2.45) is 5.73 Å². The van der Waals surface area contributed by atoms with Crippen molar-refractivity contribution in [3.63, 3.8) is 0 Å². The van der Waals surface area contributed by atoms with E-state index >= 15 is 0 Å². The van der Waals surface area contributed by atoms with E-state index in [2.05, 4.69) is 6.92 Å². The SMILES string of the molecule is CO[Si](OC)(OC)C(C)CCCCCCCCCCCN. The summed E-state index contributed by atoms with van der Waals surface area (Å²) in [5.41, 5.74) is 5.85. The minimum absolute atomic E-state index is 0.369. The van der Waals surface area contributed by atoms with Crippen molar-refractivity contribution < 1.29 is 13.3 Å². The Labute approximate surface area is 133 Å². The van der Waals surface area contributed by atoms with Crippen LogP contribution in [0, 0.1) is 0 Å². The van der Waals surface area contributed by atoms with Gasteiger partial charge >= 0.3 is 8.80 Å². The van der Waals surface area contributed by atoms with Crippen LogP contribution in [0.5, 0.6) is 0 Å². The molecule has 0 aliphatic heterocycles. The maximum Gasteiger partial charge on any atom is 0.503 e. The molecule has 21 heavy (non-hydrogen) atoms. The molecule has 0 aromatic rings. The van der Waals surface area contributed by atoms with Crippen LogP contribution in [0.4, 0.5) is 0 Å². The predicted octanol–water partition coefficient (Wildman–Crippen LogP) is 4.11. The highest BCUT2D eigenvalue weighted by atomic mass is 28.4. The van der Waals surface area contributed by atoms with Gasteiger partial charge in [-0.3, -0.25) is 0 Å². The first-order valence-electron chi connectivity index (χ1n) is 8.52. The average molecular weight is 320 g/mol. The number of unbranched alkanes of at least 4 members (excludes halogenated alkanes) is 8. The van der Waals surface area contributed by atoms with Gasteiger partial charge in [0.1, 0.15) is 0 Å². The van der Waals surface area contributed by atoms with Gasteiger partial charge in [0.25, 0.3) is 0 Å². The highest BCUT2D eigenvalue weighted by Gasteiger charge is 2.43. The van der Waals surface area contributed by atoms with Crippen LogP contribution >= 0.6 is 0 Å². The second kappa shape index (κ2) is 13.7. The Morgan fingerprint density at radius 3 is 1.48 bits per heavy atom. The molecule has 0 aromatic carbocycles. The van der Waals surface area contributed by atoms with Gasteiger partial charge in [-0.25, -0.2) is 0 Å². The minimum Gasteiger partial charge on any atom is -0.377 e. The molecule has 0 spiro atoms. The number of hydrogen-bond acceptors (Lipinski definition) is 4. The first kappa shape index (κ1) is 21.1. The van der Waals surface area contributed by atoms with Gasteiger partial charge in [-0.2, -0.15) is 0 Å². The Hall–Kier alpha value is 0.0569. The van der Waals surface area contributed by atoms with Crippen molar-refractivity contribution in [2.45, 2.75) is 76.7 Å². The van der Waals surface area contributed by atoms with Gasteiger partial charge in [0.15, 0.2) is 0 Å². The van der Waals surface area contributed by atoms with Crippen molar-refractivity contribution in [1.82, 2.24) is 0 Å². The van der Waals surface area contributed by atoms with Crippen LogP contribution < -0.4 is 5.73 Å². The Bertz CT molecular complexity index is 217. The molecule has 4 nitrogen and oxygen atoms in total. The largest absolute Gasteiger partial charge is 0.503 e. The molecule has 2 N–H and O–H groups in total. The highest BCUT2D eigenvalue weighted by Crippen LogP contribution is 2.29. The summed E-state index contributed by atoms with van der Waals surface area (Å²) in [5.74, 6) is 0. The standard InChI is InChI=1S/C16H37NO3Si/c1-16(21(18-2,19-3)20-4)14-12-10-8-6-5-7-9-11-13-15-17/h16H,5-15,17H2,1-4H3. The van der Waals surface area contributed by atoms with Crippen LogP contribution in [0.1, 0.15) is 71.1 Å². The minimum atomic E-state index is -2.43. The van der Waals surface area contributed by atoms with E-state index in [4.69, 9.17) is 19.0 Å². The van der Waals surface area contributed by atoms with Crippen LogP contribution in [0.15, 0.2) is 0 Å². The molecule has 128 valence electrons. The maximum absolute atomic E-state index is 5.53. The molecule has 0 saturated carbocycles. The molecule has 1 unspecified atom stereocenters. The van der Waals surface area contributed by atoms with E-state index in [0.717, 1.165) is 13.0 Å². The molecule has 0 aliphatic carbocycles. The lowest BCUT2D eigenvalue weighted by Crippen LogP contribution is -2.46. The van der Waals surface area contributed by atoms with Crippen LogP contribution in [0.25, 0.3) is 0 Å². The summed E-state index contributed by atoms with van der Waals surface area (Å²) in [6.07, 6.45) is 12.9. The molecule has 0 aromatic heterocycles. The summed E-state index contributed by atoms with van der Waals surface area (Å²) in [6, 6.07) is 0. The van der Waals surface area contributed by atoms with E-state index in [-0.39, 0.29) is 0 Å². The molecular formula is C16H37NO3Si. The van der Waals surface area contributed by atoms with E-state index in [1.165, 1.54) is 57.8 Å². The molecule has 0 heterocycles. The highest BCUT2D eigenvalue weighted by molar-refractivity contribution is 6.62. The van der Waals surface area contributed by atoms with Gasteiger partial charge in [-0.05, 0) is 19.4 Å². The lowest BCUT2D eigenvalue weighted by molar-refractivity contribution is 0.111. The van der Waals surface area contributed by atoms with Crippen molar-refractivity contribution >= 4 is 8.80 Å². The van der Waals surface area contributed by atoms with Crippen molar-refractivity contribution in [3.05, 3.63) is 0 Å². The lowest BCUT2D eigenvalue weighted by atomic mass is 10.1. The first-order valence-corrected chi connectivity index (χ1v) is 10.3. The Morgan fingerprint density at radius 2 is 1.10 bits per heavy atom. The zero-order chi connectivity index (χ0) is 16.0. The Kier molecular flexibility index (Phi) is 13.7. The average Bonchev–Trinajstić information content (AvgIpc) is 2.51. The van der Waals surface area contributed by atoms with Gasteiger partial charge in [-0.1, -0.05) is 58.3 Å². The third-order valence-corrected chi connectivity index (χ3v) is 7.50. The third-order valence-electron chi connectivity index (χ3n) is 4.30. The predicted molar refractivity (Wildman–Crippen MR) is 91.4 cm³/mol. The fourth-order valence-electron chi connectivity index (χ4n) is 2.86. The van der Waals surface area contributed by atoms with Gasteiger partial charge in [0, 0.05) is 26.9 Å². The maximum atomic E-state index is 5.53. The van der Waals surface area contributed by atoms with E-state index in [9.17, 15) is 0 Å². The first-order chi connectivity index (χ1) is 10.2. The summed E-state index contributed by atoms with van der Waals surface area (Å²) in [4.78, 5) is 0. The lowest BCUT2D eigenvalue weighted by Gasteiger charge is -2.30. The van der Waals surface area contributed by atoms with Gasteiger partial charge in [0.05, 0.1) is 0 Å².